The van der Waals surface area contributed by atoms with Crippen molar-refractivity contribution in [3.05, 3.63) is 48.6 Å². The molecule has 0 saturated carbocycles. The number of likely N-dealkylation sites (N-methyl/N-ethyl adjacent to an activating group) is 1. The van der Waals surface area contributed by atoms with Gasteiger partial charge < -0.3 is 33.3 Å². The quantitative estimate of drug-likeness (QED) is 0.0195. The molecule has 0 saturated heterocycles. The van der Waals surface area contributed by atoms with Crippen molar-refractivity contribution in [1.82, 2.24) is 0 Å². The first-order valence-corrected chi connectivity index (χ1v) is 35.8. The van der Waals surface area contributed by atoms with Crippen LogP contribution in [-0.2, 0) is 33.3 Å². The molecule has 9 heteroatoms. The summed E-state index contributed by atoms with van der Waals surface area (Å²) in [6.45, 7) is 4.77. The zero-order chi connectivity index (χ0) is 60.5. The third kappa shape index (κ3) is 66.6. The fourth-order valence-electron chi connectivity index (χ4n) is 10.5. The fourth-order valence-corrected chi connectivity index (χ4v) is 10.5. The van der Waals surface area contributed by atoms with E-state index in [0.717, 1.165) is 51.4 Å². The van der Waals surface area contributed by atoms with E-state index in [9.17, 15) is 19.5 Å². The second kappa shape index (κ2) is 65.2. The van der Waals surface area contributed by atoms with Gasteiger partial charge in [0.2, 0.25) is 0 Å². The van der Waals surface area contributed by atoms with Gasteiger partial charge in [-0.25, -0.2) is 0 Å². The van der Waals surface area contributed by atoms with Gasteiger partial charge in [-0.15, -0.1) is 0 Å². The molecule has 0 radical (unpaired) electrons. The standard InChI is InChI=1S/C74H137NO8/c1-6-8-10-12-14-16-18-20-22-24-25-26-27-28-29-30-31-32-33-34-35-36-37-38-39-40-41-42-43-44-45-46-47-49-51-53-55-57-59-61-63-65-72(77)83-70(69-82-74(73(78)79)80-67-66-75(3,4)5)68-81-71(76)64-62-60-58-56-54-52-50-48-23-21-19-17-15-13-11-9-7-2/h18,20-21,23-25,27-28,70,74H,6-17,19,22,26,29-69H2,1-5H3/b20-18-,23-21-,25-24-,28-27-. The van der Waals surface area contributed by atoms with Crippen LogP contribution in [0, 0.1) is 0 Å². The van der Waals surface area contributed by atoms with Crippen molar-refractivity contribution in [3.63, 3.8) is 0 Å². The number of esters is 2. The monoisotopic (exact) mass is 1170 g/mol. The number of carbonyl (C=O) groups excluding carboxylic acids is 3. The maximum atomic E-state index is 12.9. The lowest BCUT2D eigenvalue weighted by Gasteiger charge is -2.26. The zero-order valence-corrected chi connectivity index (χ0v) is 55.6. The molecular weight excluding hydrogens is 1030 g/mol. The minimum atomic E-state index is -1.62. The Morgan fingerprint density at radius 3 is 0.976 bits per heavy atom. The number of aliphatic carboxylic acids is 1. The molecule has 0 aliphatic carbocycles. The van der Waals surface area contributed by atoms with Crippen molar-refractivity contribution in [1.29, 1.82) is 0 Å². The molecule has 0 aliphatic rings. The molecule has 486 valence electrons. The minimum Gasteiger partial charge on any atom is -0.545 e. The van der Waals surface area contributed by atoms with Crippen molar-refractivity contribution < 1.29 is 42.9 Å². The Morgan fingerprint density at radius 2 is 0.651 bits per heavy atom. The number of unbranched alkanes of at least 4 members (excludes halogenated alkanes) is 44. The van der Waals surface area contributed by atoms with E-state index in [1.54, 1.807) is 0 Å². The van der Waals surface area contributed by atoms with Crippen LogP contribution < -0.4 is 5.11 Å². The highest BCUT2D eigenvalue weighted by molar-refractivity contribution is 5.70. The van der Waals surface area contributed by atoms with Crippen molar-refractivity contribution in [2.75, 3.05) is 47.5 Å². The van der Waals surface area contributed by atoms with Crippen LogP contribution in [0.2, 0.25) is 0 Å². The largest absolute Gasteiger partial charge is 0.545 e. The van der Waals surface area contributed by atoms with Gasteiger partial charge >= 0.3 is 11.9 Å². The topological polar surface area (TPSA) is 111 Å². The molecule has 0 aromatic heterocycles. The Morgan fingerprint density at radius 1 is 0.361 bits per heavy atom. The fraction of sp³-hybridized carbons (Fsp3) is 0.851. The highest BCUT2D eigenvalue weighted by Crippen LogP contribution is 2.18. The lowest BCUT2D eigenvalue weighted by Crippen LogP contribution is -2.44. The lowest BCUT2D eigenvalue weighted by molar-refractivity contribution is -0.870. The second-order valence-corrected chi connectivity index (χ2v) is 25.5. The highest BCUT2D eigenvalue weighted by Gasteiger charge is 2.22. The molecule has 0 rings (SSSR count). The van der Waals surface area contributed by atoms with Crippen LogP contribution in [0.15, 0.2) is 48.6 Å². The third-order valence-electron chi connectivity index (χ3n) is 16.0. The van der Waals surface area contributed by atoms with Crippen molar-refractivity contribution in [3.8, 4) is 0 Å². The Balaban J connectivity index is 3.93. The normalized spacial score (nSPS) is 12.9. The first-order valence-electron chi connectivity index (χ1n) is 35.8. The summed E-state index contributed by atoms with van der Waals surface area (Å²) in [7, 11) is 5.94. The molecule has 83 heavy (non-hydrogen) atoms. The maximum Gasteiger partial charge on any atom is 0.306 e. The molecule has 0 spiro atoms. The summed E-state index contributed by atoms with van der Waals surface area (Å²) in [5, 5.41) is 11.8. The number of hydrogen-bond donors (Lipinski definition) is 0. The lowest BCUT2D eigenvalue weighted by atomic mass is 10.0. The van der Waals surface area contributed by atoms with E-state index in [2.05, 4.69) is 62.5 Å². The Hall–Kier alpha value is -2.75. The Labute approximate surface area is 514 Å². The van der Waals surface area contributed by atoms with Gasteiger partial charge in [0.1, 0.15) is 13.2 Å². The summed E-state index contributed by atoms with van der Waals surface area (Å²) in [6.07, 6.45) is 80.7. The Bertz CT molecular complexity index is 1500. The first-order chi connectivity index (χ1) is 40.6. The van der Waals surface area contributed by atoms with Crippen molar-refractivity contribution >= 4 is 17.9 Å². The van der Waals surface area contributed by atoms with Crippen LogP contribution in [0.1, 0.15) is 348 Å². The van der Waals surface area contributed by atoms with E-state index in [0.29, 0.717) is 17.4 Å². The number of rotatable bonds is 67. The molecule has 2 unspecified atom stereocenters. The van der Waals surface area contributed by atoms with Gasteiger partial charge in [-0.1, -0.05) is 306 Å². The minimum absolute atomic E-state index is 0.149. The summed E-state index contributed by atoms with van der Waals surface area (Å²) in [4.78, 5) is 37.4. The number of nitrogens with zero attached hydrogens (tertiary/aromatic N) is 1. The van der Waals surface area contributed by atoms with Gasteiger partial charge in [-0.05, 0) is 77.0 Å². The molecule has 0 fully saturated rings. The van der Waals surface area contributed by atoms with Gasteiger partial charge in [-0.3, -0.25) is 9.59 Å². The smallest absolute Gasteiger partial charge is 0.306 e. The summed E-state index contributed by atoms with van der Waals surface area (Å²) >= 11 is 0. The van der Waals surface area contributed by atoms with Gasteiger partial charge in [0.25, 0.3) is 0 Å². The number of quaternary nitrogens is 1. The van der Waals surface area contributed by atoms with E-state index in [1.807, 2.05) is 21.1 Å². The number of allylic oxidation sites excluding steroid dienone is 8. The van der Waals surface area contributed by atoms with Gasteiger partial charge in [0.05, 0.1) is 40.3 Å². The van der Waals surface area contributed by atoms with E-state index < -0.39 is 24.3 Å². The zero-order valence-electron chi connectivity index (χ0n) is 55.6. The van der Waals surface area contributed by atoms with Crippen LogP contribution in [0.4, 0.5) is 0 Å². The Kier molecular flexibility index (Phi) is 63.1. The third-order valence-corrected chi connectivity index (χ3v) is 16.0. The van der Waals surface area contributed by atoms with Gasteiger partial charge in [0.15, 0.2) is 12.4 Å². The SMILES string of the molecule is CCCCCCC/C=C\C/C=C\C/C=C\CCCCCCCCCCCCCCCCCCCCCCCCCCCCC(=O)OC(COC(=O)CCCCCCCCC/C=C\CCCCCCCC)COC(OCC[N+](C)(C)C)C(=O)[O-]. The number of hydrogen-bond acceptors (Lipinski definition) is 8. The van der Waals surface area contributed by atoms with Crippen LogP contribution in [0.5, 0.6) is 0 Å². The van der Waals surface area contributed by atoms with Crippen LogP contribution >= 0.6 is 0 Å². The molecule has 0 aromatic carbocycles. The number of carbonyl (C=O) groups is 3. The first kappa shape index (κ1) is 80.2. The van der Waals surface area contributed by atoms with Crippen molar-refractivity contribution in [2.24, 2.45) is 0 Å². The predicted molar refractivity (Wildman–Crippen MR) is 352 cm³/mol. The molecular formula is C74H137NO8. The molecule has 0 aliphatic heterocycles. The molecule has 9 nitrogen and oxygen atoms in total. The maximum absolute atomic E-state index is 12.9. The van der Waals surface area contributed by atoms with Crippen LogP contribution in [0.25, 0.3) is 0 Å². The number of carboxylic acid groups (broad SMARTS) is 1. The van der Waals surface area contributed by atoms with E-state index in [4.69, 9.17) is 18.9 Å². The number of carboxylic acids is 1. The average Bonchev–Trinajstić information content (AvgIpc) is 3.46. The van der Waals surface area contributed by atoms with Crippen molar-refractivity contribution in [2.45, 2.75) is 360 Å². The molecule has 2 atom stereocenters. The summed E-state index contributed by atoms with van der Waals surface area (Å²) in [5.74, 6) is -2.27. The summed E-state index contributed by atoms with van der Waals surface area (Å²) < 4.78 is 22.8. The summed E-state index contributed by atoms with van der Waals surface area (Å²) in [5.41, 5.74) is 0. The molecule has 0 amide bonds. The molecule has 0 aromatic rings. The second-order valence-electron chi connectivity index (χ2n) is 25.5. The summed E-state index contributed by atoms with van der Waals surface area (Å²) in [6, 6.07) is 0. The van der Waals surface area contributed by atoms with E-state index in [1.165, 1.54) is 270 Å². The molecule has 0 N–H and O–H groups in total. The average molecular weight is 1170 g/mol. The number of ether oxygens (including phenoxy) is 4. The molecule has 0 bridgehead atoms. The van der Waals surface area contributed by atoms with Crippen LogP contribution in [0.3, 0.4) is 0 Å². The van der Waals surface area contributed by atoms with Gasteiger partial charge in [-0.2, -0.15) is 0 Å². The molecule has 0 heterocycles. The van der Waals surface area contributed by atoms with E-state index >= 15 is 0 Å². The van der Waals surface area contributed by atoms with E-state index in [-0.39, 0.29) is 32.2 Å². The van der Waals surface area contributed by atoms with Crippen LogP contribution in [-0.4, -0.2) is 82.3 Å². The van der Waals surface area contributed by atoms with Gasteiger partial charge in [0, 0.05) is 12.8 Å². The highest BCUT2D eigenvalue weighted by atomic mass is 16.7. The predicted octanol–water partition coefficient (Wildman–Crippen LogP) is 20.8.